The number of anilines is 1. The van der Waals surface area contributed by atoms with Crippen molar-refractivity contribution in [2.75, 3.05) is 5.32 Å². The third-order valence-electron chi connectivity index (χ3n) is 3.75. The first-order chi connectivity index (χ1) is 13.8. The number of hydrogen-bond acceptors (Lipinski definition) is 4. The number of alkyl halides is 3. The predicted octanol–water partition coefficient (Wildman–Crippen LogP) is 6.40. The summed E-state index contributed by atoms with van der Waals surface area (Å²) in [6, 6.07) is 16.7. The van der Waals surface area contributed by atoms with Crippen molar-refractivity contribution in [1.82, 2.24) is 10.3 Å². The van der Waals surface area contributed by atoms with E-state index in [1.165, 1.54) is 17.4 Å². The van der Waals surface area contributed by atoms with Gasteiger partial charge in [-0.05, 0) is 23.8 Å². The Balaban J connectivity index is 1.69. The van der Waals surface area contributed by atoms with Crippen LogP contribution in [0.5, 0.6) is 0 Å². The first-order valence-corrected chi connectivity index (χ1v) is 10.8. The minimum absolute atomic E-state index is 0.410. The Labute approximate surface area is 192 Å². The number of nitrogens with one attached hydrogen (secondary N) is 2. The lowest BCUT2D eigenvalue weighted by Gasteiger charge is -2.25. The SMILES string of the molecule is O=C(/C=C/c1ccccc1)NC(Nc1nc(-c2ccc(Cl)cc2)cs1)C(Cl)(Cl)Cl. The van der Waals surface area contributed by atoms with Crippen molar-refractivity contribution in [2.24, 2.45) is 0 Å². The molecule has 1 amide bonds. The third-order valence-corrected chi connectivity index (χ3v) is 5.43. The van der Waals surface area contributed by atoms with E-state index >= 15 is 0 Å². The smallest absolute Gasteiger partial charge is 0.245 e. The van der Waals surface area contributed by atoms with Gasteiger partial charge in [-0.2, -0.15) is 0 Å². The fourth-order valence-corrected chi connectivity index (χ4v) is 3.55. The average Bonchev–Trinajstić information content (AvgIpc) is 3.15. The highest BCUT2D eigenvalue weighted by Gasteiger charge is 2.34. The van der Waals surface area contributed by atoms with E-state index in [-0.39, 0.29) is 0 Å². The minimum Gasteiger partial charge on any atom is -0.338 e. The molecule has 2 N–H and O–H groups in total. The summed E-state index contributed by atoms with van der Waals surface area (Å²) in [5.74, 6) is -0.410. The third kappa shape index (κ3) is 6.63. The molecule has 3 rings (SSSR count). The Bertz CT molecular complexity index is 985. The fourth-order valence-electron chi connectivity index (χ4n) is 2.34. The predicted molar refractivity (Wildman–Crippen MR) is 124 cm³/mol. The summed E-state index contributed by atoms with van der Waals surface area (Å²) in [5, 5.41) is 8.62. The second-order valence-corrected chi connectivity index (χ2v) is 9.58. The maximum atomic E-state index is 12.3. The van der Waals surface area contributed by atoms with Crippen LogP contribution < -0.4 is 10.6 Å². The highest BCUT2D eigenvalue weighted by molar-refractivity contribution is 7.14. The van der Waals surface area contributed by atoms with Gasteiger partial charge in [0, 0.05) is 22.0 Å². The highest BCUT2D eigenvalue weighted by Crippen LogP contribution is 2.33. The zero-order valence-electron chi connectivity index (χ0n) is 14.8. The van der Waals surface area contributed by atoms with E-state index in [0.717, 1.165) is 16.8 Å². The Morgan fingerprint density at radius 3 is 2.41 bits per heavy atom. The van der Waals surface area contributed by atoms with Gasteiger partial charge in [0.1, 0.15) is 6.17 Å². The first-order valence-electron chi connectivity index (χ1n) is 8.39. The molecular formula is C20H15Cl4N3OS. The molecular weight excluding hydrogens is 472 g/mol. The normalized spacial score (nSPS) is 12.7. The highest BCUT2D eigenvalue weighted by atomic mass is 35.6. The van der Waals surface area contributed by atoms with Crippen molar-refractivity contribution in [2.45, 2.75) is 9.96 Å². The lowest BCUT2D eigenvalue weighted by Crippen LogP contribution is -2.48. The van der Waals surface area contributed by atoms with Crippen LogP contribution in [0.1, 0.15) is 5.56 Å². The van der Waals surface area contributed by atoms with Gasteiger partial charge in [0.15, 0.2) is 5.13 Å². The molecule has 1 aromatic heterocycles. The number of rotatable bonds is 6. The van der Waals surface area contributed by atoms with E-state index in [1.54, 1.807) is 18.2 Å². The van der Waals surface area contributed by atoms with Crippen LogP contribution in [-0.4, -0.2) is 20.8 Å². The molecule has 0 spiro atoms. The molecule has 2 aromatic carbocycles. The van der Waals surface area contributed by atoms with Gasteiger partial charge in [-0.15, -0.1) is 11.3 Å². The zero-order valence-corrected chi connectivity index (χ0v) is 18.6. The van der Waals surface area contributed by atoms with Gasteiger partial charge in [0.2, 0.25) is 9.70 Å². The number of carbonyl (C=O) groups excluding carboxylic acids is 1. The number of nitrogens with zero attached hydrogens (tertiary/aromatic N) is 1. The molecule has 9 heteroatoms. The van der Waals surface area contributed by atoms with Crippen molar-refractivity contribution in [3.8, 4) is 11.3 Å². The van der Waals surface area contributed by atoms with Crippen LogP contribution in [0, 0.1) is 0 Å². The lowest BCUT2D eigenvalue weighted by atomic mass is 10.2. The number of carbonyl (C=O) groups is 1. The van der Waals surface area contributed by atoms with Gasteiger partial charge in [0.25, 0.3) is 0 Å². The van der Waals surface area contributed by atoms with Crippen LogP contribution in [0.3, 0.4) is 0 Å². The summed E-state index contributed by atoms with van der Waals surface area (Å²) in [7, 11) is 0. The second kappa shape index (κ2) is 9.83. The molecule has 0 bridgehead atoms. The summed E-state index contributed by atoms with van der Waals surface area (Å²) in [4.78, 5) is 16.8. The standard InChI is InChI=1S/C20H15Cl4N3OS/c21-15-9-7-14(8-10-15)16-12-29-19(25-16)27-18(20(22,23)24)26-17(28)11-6-13-4-2-1-3-5-13/h1-12,18H,(H,25,27)(H,26,28)/b11-6+. The molecule has 29 heavy (non-hydrogen) atoms. The maximum Gasteiger partial charge on any atom is 0.245 e. The lowest BCUT2D eigenvalue weighted by molar-refractivity contribution is -0.116. The van der Waals surface area contributed by atoms with Crippen molar-refractivity contribution in [3.63, 3.8) is 0 Å². The number of halogens is 4. The molecule has 0 saturated heterocycles. The molecule has 0 aliphatic rings. The largest absolute Gasteiger partial charge is 0.338 e. The summed E-state index contributed by atoms with van der Waals surface area (Å²) in [6.45, 7) is 0. The first kappa shape index (κ1) is 21.9. The Morgan fingerprint density at radius 1 is 1.07 bits per heavy atom. The molecule has 0 aliphatic heterocycles. The van der Waals surface area contributed by atoms with Crippen LogP contribution in [0.15, 0.2) is 66.1 Å². The van der Waals surface area contributed by atoms with E-state index < -0.39 is 15.9 Å². The zero-order chi connectivity index (χ0) is 20.9. The Kier molecular flexibility index (Phi) is 7.44. The molecule has 0 radical (unpaired) electrons. The number of hydrogen-bond donors (Lipinski definition) is 2. The summed E-state index contributed by atoms with van der Waals surface area (Å²) < 4.78 is -1.79. The fraction of sp³-hybridized carbons (Fsp3) is 0.100. The van der Waals surface area contributed by atoms with Gasteiger partial charge in [-0.25, -0.2) is 4.98 Å². The topological polar surface area (TPSA) is 54.0 Å². The van der Waals surface area contributed by atoms with Crippen LogP contribution in [0.2, 0.25) is 5.02 Å². The van der Waals surface area contributed by atoms with E-state index in [4.69, 9.17) is 46.4 Å². The van der Waals surface area contributed by atoms with Gasteiger partial charge in [0.05, 0.1) is 5.69 Å². The summed E-state index contributed by atoms with van der Waals surface area (Å²) in [6.07, 6.45) is 2.07. The number of benzene rings is 2. The molecule has 1 atom stereocenters. The molecule has 1 heterocycles. The van der Waals surface area contributed by atoms with Gasteiger partial charge >= 0.3 is 0 Å². The molecule has 0 saturated carbocycles. The second-order valence-electron chi connectivity index (χ2n) is 5.92. The molecule has 1 unspecified atom stereocenters. The maximum absolute atomic E-state index is 12.3. The van der Waals surface area contributed by atoms with Crippen LogP contribution >= 0.6 is 57.7 Å². The van der Waals surface area contributed by atoms with Crippen LogP contribution in [0.25, 0.3) is 17.3 Å². The van der Waals surface area contributed by atoms with Gasteiger partial charge in [-0.3, -0.25) is 4.79 Å². The van der Waals surface area contributed by atoms with Crippen molar-refractivity contribution >= 4 is 74.9 Å². The number of aromatic nitrogens is 1. The Morgan fingerprint density at radius 2 is 1.76 bits per heavy atom. The Hall–Kier alpha value is -1.76. The van der Waals surface area contributed by atoms with Gasteiger partial charge < -0.3 is 10.6 Å². The molecule has 0 fully saturated rings. The molecule has 150 valence electrons. The van der Waals surface area contributed by atoms with Crippen LogP contribution in [0.4, 0.5) is 5.13 Å². The summed E-state index contributed by atoms with van der Waals surface area (Å²) >= 11 is 25.4. The monoisotopic (exact) mass is 485 g/mol. The van der Waals surface area contributed by atoms with Crippen molar-refractivity contribution in [1.29, 1.82) is 0 Å². The minimum atomic E-state index is -1.79. The van der Waals surface area contributed by atoms with Crippen LogP contribution in [-0.2, 0) is 4.79 Å². The molecule has 3 aromatic rings. The van der Waals surface area contributed by atoms with E-state index in [2.05, 4.69) is 15.6 Å². The van der Waals surface area contributed by atoms with E-state index in [1.807, 2.05) is 47.8 Å². The summed E-state index contributed by atoms with van der Waals surface area (Å²) in [5.41, 5.74) is 2.53. The number of amides is 1. The average molecular weight is 487 g/mol. The quantitative estimate of drug-likeness (QED) is 0.240. The van der Waals surface area contributed by atoms with Crippen molar-refractivity contribution in [3.05, 3.63) is 76.6 Å². The molecule has 4 nitrogen and oxygen atoms in total. The van der Waals surface area contributed by atoms with E-state index in [9.17, 15) is 4.79 Å². The van der Waals surface area contributed by atoms with Crippen molar-refractivity contribution < 1.29 is 4.79 Å². The molecule has 0 aliphatic carbocycles. The number of thiazole rings is 1. The van der Waals surface area contributed by atoms with E-state index in [0.29, 0.717) is 10.2 Å². The van der Waals surface area contributed by atoms with Gasteiger partial charge in [-0.1, -0.05) is 88.9 Å².